The Kier molecular flexibility index (Phi) is 9.01. The fourth-order valence-corrected chi connectivity index (χ4v) is 3.76. The zero-order chi connectivity index (χ0) is 20.0. The molecule has 0 unspecified atom stereocenters. The summed E-state index contributed by atoms with van der Waals surface area (Å²) in [7, 11) is 3.48. The lowest BCUT2D eigenvalue weighted by Crippen LogP contribution is -2.42. The van der Waals surface area contributed by atoms with E-state index in [-0.39, 0.29) is 41.8 Å². The molecule has 1 aliphatic rings. The monoisotopic (exact) mass is 574 g/mol. The summed E-state index contributed by atoms with van der Waals surface area (Å²) in [6, 6.07) is 12.2. The van der Waals surface area contributed by atoms with E-state index in [2.05, 4.69) is 49.8 Å². The molecule has 0 aliphatic heterocycles. The lowest BCUT2D eigenvalue weighted by molar-refractivity contribution is -0.127. The Bertz CT molecular complexity index is 820. The normalized spacial score (nSPS) is 14.7. The fraction of sp³-hybridized carbons (Fsp3) is 0.429. The minimum Gasteiger partial charge on any atom is -0.469 e. The molecule has 2 N–H and O–H groups in total. The van der Waals surface area contributed by atoms with Gasteiger partial charge in [-0.15, -0.1) is 24.0 Å². The molecule has 1 fully saturated rings. The van der Waals surface area contributed by atoms with Crippen LogP contribution < -0.4 is 10.6 Å². The Hall–Kier alpha value is -1.55. The summed E-state index contributed by atoms with van der Waals surface area (Å²) in [5.74, 6) is 1.54. The molecule has 8 heteroatoms. The Morgan fingerprint density at radius 3 is 2.59 bits per heavy atom. The van der Waals surface area contributed by atoms with Gasteiger partial charge in [-0.25, -0.2) is 4.99 Å². The quantitative estimate of drug-likeness (QED) is 0.287. The smallest absolute Gasteiger partial charge is 0.243 e. The molecular formula is C21H28BrIN4O2. The van der Waals surface area contributed by atoms with Crippen molar-refractivity contribution in [3.63, 3.8) is 0 Å². The van der Waals surface area contributed by atoms with E-state index in [1.54, 1.807) is 25.3 Å². The maximum atomic E-state index is 11.9. The van der Waals surface area contributed by atoms with E-state index in [9.17, 15) is 4.79 Å². The van der Waals surface area contributed by atoms with Crippen LogP contribution in [0.3, 0.4) is 0 Å². The van der Waals surface area contributed by atoms with Crippen LogP contribution in [-0.4, -0.2) is 50.5 Å². The fourth-order valence-electron chi connectivity index (χ4n) is 3.06. The number of aliphatic imine (C=N–C) groups is 1. The molecule has 1 saturated carbocycles. The van der Waals surface area contributed by atoms with Crippen LogP contribution in [0.25, 0.3) is 0 Å². The van der Waals surface area contributed by atoms with Crippen LogP contribution in [0.1, 0.15) is 24.2 Å². The van der Waals surface area contributed by atoms with Crippen molar-refractivity contribution in [1.29, 1.82) is 0 Å². The van der Waals surface area contributed by atoms with Gasteiger partial charge in [0.2, 0.25) is 5.91 Å². The SMILES string of the molecule is CN(C)C(=O)CN=C(NCCc1ccco1)NCC1(c2ccccc2Br)CC1.I. The predicted molar refractivity (Wildman–Crippen MR) is 130 cm³/mol. The number of likely N-dealkylation sites (N-methyl/N-ethyl adjacent to an activating group) is 1. The van der Waals surface area contributed by atoms with Gasteiger partial charge in [0.05, 0.1) is 6.26 Å². The van der Waals surface area contributed by atoms with E-state index in [1.807, 2.05) is 18.2 Å². The average Bonchev–Trinajstić information content (AvgIpc) is 3.28. The minimum atomic E-state index is -0.0286. The van der Waals surface area contributed by atoms with Crippen LogP contribution in [0.2, 0.25) is 0 Å². The van der Waals surface area contributed by atoms with Crippen molar-refractivity contribution in [3.05, 3.63) is 58.5 Å². The Morgan fingerprint density at radius 2 is 1.97 bits per heavy atom. The highest BCUT2D eigenvalue weighted by Crippen LogP contribution is 2.49. The third-order valence-corrected chi connectivity index (χ3v) is 5.70. The van der Waals surface area contributed by atoms with E-state index in [0.29, 0.717) is 12.5 Å². The van der Waals surface area contributed by atoms with Gasteiger partial charge < -0.3 is 20.0 Å². The lowest BCUT2D eigenvalue weighted by Gasteiger charge is -2.20. The maximum Gasteiger partial charge on any atom is 0.243 e. The second-order valence-electron chi connectivity index (χ2n) is 7.32. The van der Waals surface area contributed by atoms with E-state index < -0.39 is 0 Å². The van der Waals surface area contributed by atoms with Gasteiger partial charge in [0, 0.05) is 43.5 Å². The van der Waals surface area contributed by atoms with Crippen LogP contribution in [0.15, 0.2) is 56.5 Å². The van der Waals surface area contributed by atoms with Crippen molar-refractivity contribution in [2.24, 2.45) is 4.99 Å². The third-order valence-electron chi connectivity index (χ3n) is 5.01. The van der Waals surface area contributed by atoms with Crippen LogP contribution in [0.5, 0.6) is 0 Å². The third kappa shape index (κ3) is 6.74. The van der Waals surface area contributed by atoms with E-state index >= 15 is 0 Å². The molecule has 0 bridgehead atoms. The van der Waals surface area contributed by atoms with Gasteiger partial charge in [0.25, 0.3) is 0 Å². The van der Waals surface area contributed by atoms with Gasteiger partial charge in [-0.3, -0.25) is 4.79 Å². The van der Waals surface area contributed by atoms with Crippen LogP contribution in [-0.2, 0) is 16.6 Å². The maximum absolute atomic E-state index is 11.9. The molecule has 6 nitrogen and oxygen atoms in total. The molecule has 2 aromatic rings. The summed E-state index contributed by atoms with van der Waals surface area (Å²) in [5, 5.41) is 6.75. The molecule has 0 radical (unpaired) electrons. The summed E-state index contributed by atoms with van der Waals surface area (Å²) in [6.07, 6.45) is 4.70. The number of carbonyl (C=O) groups is 1. The van der Waals surface area contributed by atoms with Crippen molar-refractivity contribution in [2.75, 3.05) is 33.7 Å². The summed E-state index contributed by atoms with van der Waals surface area (Å²) in [4.78, 5) is 18.0. The highest BCUT2D eigenvalue weighted by Gasteiger charge is 2.45. The largest absolute Gasteiger partial charge is 0.469 e. The highest BCUT2D eigenvalue weighted by atomic mass is 127. The molecule has 1 heterocycles. The molecule has 158 valence electrons. The predicted octanol–water partition coefficient (Wildman–Crippen LogP) is 3.56. The molecular weight excluding hydrogens is 547 g/mol. The molecule has 3 rings (SSSR count). The summed E-state index contributed by atoms with van der Waals surface area (Å²) in [5.41, 5.74) is 1.44. The number of hydrogen-bond donors (Lipinski definition) is 2. The molecule has 1 aromatic heterocycles. The average molecular weight is 575 g/mol. The van der Waals surface area contributed by atoms with Crippen molar-refractivity contribution in [1.82, 2.24) is 15.5 Å². The van der Waals surface area contributed by atoms with Crippen molar-refractivity contribution >= 4 is 51.8 Å². The van der Waals surface area contributed by atoms with Gasteiger partial charge in [0.15, 0.2) is 5.96 Å². The zero-order valence-corrected chi connectivity index (χ0v) is 20.7. The Morgan fingerprint density at radius 1 is 1.21 bits per heavy atom. The van der Waals surface area contributed by atoms with Crippen LogP contribution in [0.4, 0.5) is 0 Å². The highest BCUT2D eigenvalue weighted by molar-refractivity contribution is 14.0. The number of benzene rings is 1. The Balaban J connectivity index is 0.00000300. The molecule has 0 spiro atoms. The topological polar surface area (TPSA) is 69.9 Å². The van der Waals surface area contributed by atoms with Gasteiger partial charge in [-0.1, -0.05) is 34.1 Å². The second-order valence-corrected chi connectivity index (χ2v) is 8.18. The standard InChI is InChI=1S/C21H27BrN4O2.HI/c1-26(2)19(27)14-24-20(23-12-9-16-6-5-13-28-16)25-15-21(10-11-21)17-7-3-4-8-18(17)22;/h3-8,13H,9-12,14-15H2,1-2H3,(H2,23,24,25);1H. The van der Waals surface area contributed by atoms with Crippen molar-refractivity contribution in [2.45, 2.75) is 24.7 Å². The number of nitrogens with zero attached hydrogens (tertiary/aromatic N) is 2. The first-order chi connectivity index (χ1) is 13.5. The molecule has 1 aromatic carbocycles. The second kappa shape index (κ2) is 11.0. The number of amides is 1. The molecule has 0 saturated heterocycles. The molecule has 1 aliphatic carbocycles. The zero-order valence-electron chi connectivity index (χ0n) is 16.8. The van der Waals surface area contributed by atoms with Crippen molar-refractivity contribution in [3.8, 4) is 0 Å². The van der Waals surface area contributed by atoms with Crippen molar-refractivity contribution < 1.29 is 9.21 Å². The number of carbonyl (C=O) groups excluding carboxylic acids is 1. The van der Waals surface area contributed by atoms with E-state index in [1.165, 1.54) is 5.56 Å². The van der Waals surface area contributed by atoms with Gasteiger partial charge in [-0.05, 0) is 36.6 Å². The molecule has 0 atom stereocenters. The van der Waals surface area contributed by atoms with Gasteiger partial charge in [-0.2, -0.15) is 0 Å². The van der Waals surface area contributed by atoms with E-state index in [0.717, 1.165) is 36.0 Å². The summed E-state index contributed by atoms with van der Waals surface area (Å²) in [6.45, 7) is 1.57. The van der Waals surface area contributed by atoms with Gasteiger partial charge >= 0.3 is 0 Å². The van der Waals surface area contributed by atoms with Crippen LogP contribution in [0, 0.1) is 0 Å². The number of guanidine groups is 1. The molecule has 1 amide bonds. The summed E-state index contributed by atoms with van der Waals surface area (Å²) < 4.78 is 6.51. The first kappa shape index (κ1) is 23.7. The molecule has 29 heavy (non-hydrogen) atoms. The summed E-state index contributed by atoms with van der Waals surface area (Å²) >= 11 is 3.67. The Labute approximate surface area is 197 Å². The number of nitrogens with one attached hydrogen (secondary N) is 2. The number of hydrogen-bond acceptors (Lipinski definition) is 3. The number of halogens is 2. The lowest BCUT2D eigenvalue weighted by atomic mass is 9.96. The van der Waals surface area contributed by atoms with E-state index in [4.69, 9.17) is 4.42 Å². The minimum absolute atomic E-state index is 0. The van der Waals surface area contributed by atoms with Crippen LogP contribution >= 0.6 is 39.9 Å². The first-order valence-corrected chi connectivity index (χ1v) is 10.3. The number of rotatable bonds is 8. The number of furan rings is 1. The van der Waals surface area contributed by atoms with Gasteiger partial charge in [0.1, 0.15) is 12.3 Å². The first-order valence-electron chi connectivity index (χ1n) is 9.50.